The Hall–Kier alpha value is -2.05. The number of halogens is 3. The molecular formula is C12H12F3N3O. The van der Waals surface area contributed by atoms with Gasteiger partial charge in [0.05, 0.1) is 0 Å². The molecule has 1 aromatic heterocycles. The zero-order chi connectivity index (χ0) is 13.9. The Morgan fingerprint density at radius 1 is 1.21 bits per heavy atom. The van der Waals surface area contributed by atoms with Gasteiger partial charge in [-0.05, 0) is 31.0 Å². The molecule has 0 aliphatic heterocycles. The summed E-state index contributed by atoms with van der Waals surface area (Å²) >= 11 is 0. The van der Waals surface area contributed by atoms with Crippen molar-refractivity contribution in [3.63, 3.8) is 0 Å². The third-order valence-corrected chi connectivity index (χ3v) is 2.44. The Balaban J connectivity index is 1.91. The van der Waals surface area contributed by atoms with Crippen LogP contribution >= 0.6 is 0 Å². The van der Waals surface area contributed by atoms with E-state index in [4.69, 9.17) is 0 Å². The summed E-state index contributed by atoms with van der Waals surface area (Å²) in [5.74, 6) is 0.474. The van der Waals surface area contributed by atoms with Crippen LogP contribution in [0.4, 0.5) is 13.2 Å². The Labute approximate surface area is 107 Å². The summed E-state index contributed by atoms with van der Waals surface area (Å²) in [5.41, 5.74) is 0.905. The minimum Gasteiger partial charge on any atom is -0.406 e. The smallest absolute Gasteiger partial charge is 0.406 e. The minimum absolute atomic E-state index is 0.215. The molecule has 1 heterocycles. The maximum absolute atomic E-state index is 12.0. The summed E-state index contributed by atoms with van der Waals surface area (Å²) in [7, 11) is 0. The monoisotopic (exact) mass is 271 g/mol. The highest BCUT2D eigenvalue weighted by Crippen LogP contribution is 2.22. The van der Waals surface area contributed by atoms with Gasteiger partial charge >= 0.3 is 6.36 Å². The number of alkyl halides is 3. The van der Waals surface area contributed by atoms with Gasteiger partial charge in [-0.25, -0.2) is 4.98 Å². The highest BCUT2D eigenvalue weighted by molar-refractivity contribution is 5.27. The fraction of sp³-hybridized carbons (Fsp3) is 0.333. The zero-order valence-corrected chi connectivity index (χ0v) is 10.2. The van der Waals surface area contributed by atoms with Crippen LogP contribution in [0.25, 0.3) is 0 Å². The molecule has 1 aromatic carbocycles. The quantitative estimate of drug-likeness (QED) is 0.858. The molecule has 0 unspecified atom stereocenters. The third kappa shape index (κ3) is 4.27. The number of hydrogen-bond acceptors (Lipinski definition) is 3. The second-order valence-corrected chi connectivity index (χ2v) is 4.00. The van der Waals surface area contributed by atoms with Gasteiger partial charge < -0.3 is 4.74 Å². The lowest BCUT2D eigenvalue weighted by Crippen LogP contribution is -2.17. The maximum atomic E-state index is 12.0. The summed E-state index contributed by atoms with van der Waals surface area (Å²) in [6.07, 6.45) is -2.37. The molecule has 7 heteroatoms. The molecule has 102 valence electrons. The fourth-order valence-electron chi connectivity index (χ4n) is 1.60. The number of aryl methyl sites for hydroxylation is 3. The van der Waals surface area contributed by atoms with E-state index in [1.165, 1.54) is 12.1 Å². The van der Waals surface area contributed by atoms with Crippen LogP contribution in [-0.2, 0) is 13.0 Å². The van der Waals surface area contributed by atoms with Crippen LogP contribution in [-0.4, -0.2) is 21.1 Å². The van der Waals surface area contributed by atoms with E-state index in [9.17, 15) is 13.2 Å². The van der Waals surface area contributed by atoms with Crippen molar-refractivity contribution in [1.82, 2.24) is 14.8 Å². The molecule has 0 N–H and O–H groups in total. The van der Waals surface area contributed by atoms with E-state index in [0.717, 1.165) is 5.56 Å². The SMILES string of the molecule is Cc1ncn(CCc2ccc(OC(F)(F)F)cc2)n1. The average Bonchev–Trinajstić information content (AvgIpc) is 2.72. The zero-order valence-electron chi connectivity index (χ0n) is 10.2. The van der Waals surface area contributed by atoms with Crippen molar-refractivity contribution in [3.8, 4) is 5.75 Å². The molecular weight excluding hydrogens is 259 g/mol. The Morgan fingerprint density at radius 2 is 1.89 bits per heavy atom. The lowest BCUT2D eigenvalue weighted by Gasteiger charge is -2.09. The molecule has 0 spiro atoms. The van der Waals surface area contributed by atoms with E-state index in [1.54, 1.807) is 30.1 Å². The van der Waals surface area contributed by atoms with Gasteiger partial charge in [0.1, 0.15) is 17.9 Å². The van der Waals surface area contributed by atoms with Crippen molar-refractivity contribution in [1.29, 1.82) is 0 Å². The molecule has 0 saturated carbocycles. The van der Waals surface area contributed by atoms with E-state index in [0.29, 0.717) is 18.8 Å². The lowest BCUT2D eigenvalue weighted by molar-refractivity contribution is -0.274. The molecule has 0 amide bonds. The van der Waals surface area contributed by atoms with Gasteiger partial charge in [0.2, 0.25) is 0 Å². The van der Waals surface area contributed by atoms with Gasteiger partial charge in [-0.3, -0.25) is 4.68 Å². The standard InChI is InChI=1S/C12H12F3N3O/c1-9-16-8-18(17-9)7-6-10-2-4-11(5-3-10)19-12(13,14)15/h2-5,8H,6-7H2,1H3. The normalized spacial score (nSPS) is 11.6. The number of benzene rings is 1. The number of nitrogens with zero attached hydrogens (tertiary/aromatic N) is 3. The summed E-state index contributed by atoms with van der Waals surface area (Å²) in [6.45, 7) is 2.42. The molecule has 0 aliphatic rings. The Bertz CT molecular complexity index is 534. The summed E-state index contributed by atoms with van der Waals surface area (Å²) in [6, 6.07) is 5.81. The summed E-state index contributed by atoms with van der Waals surface area (Å²) in [4.78, 5) is 3.99. The van der Waals surface area contributed by atoms with Crippen LogP contribution in [0, 0.1) is 6.92 Å². The maximum Gasteiger partial charge on any atom is 0.573 e. The van der Waals surface area contributed by atoms with Crippen LogP contribution < -0.4 is 4.74 Å². The molecule has 0 radical (unpaired) electrons. The Morgan fingerprint density at radius 3 is 2.42 bits per heavy atom. The van der Waals surface area contributed by atoms with Crippen LogP contribution in [0.15, 0.2) is 30.6 Å². The number of aromatic nitrogens is 3. The minimum atomic E-state index is -4.65. The van der Waals surface area contributed by atoms with Gasteiger partial charge in [-0.15, -0.1) is 13.2 Å². The molecule has 0 bridgehead atoms. The predicted molar refractivity (Wildman–Crippen MR) is 61.6 cm³/mol. The van der Waals surface area contributed by atoms with E-state index in [-0.39, 0.29) is 5.75 Å². The van der Waals surface area contributed by atoms with Crippen molar-refractivity contribution in [3.05, 3.63) is 42.0 Å². The van der Waals surface area contributed by atoms with Gasteiger partial charge in [0.15, 0.2) is 0 Å². The molecule has 0 fully saturated rings. The first kappa shape index (κ1) is 13.4. The van der Waals surface area contributed by atoms with E-state index in [2.05, 4.69) is 14.8 Å². The van der Waals surface area contributed by atoms with Gasteiger partial charge in [0, 0.05) is 6.54 Å². The largest absolute Gasteiger partial charge is 0.573 e. The Kier molecular flexibility index (Phi) is 3.73. The predicted octanol–water partition coefficient (Wildman–Crippen LogP) is 2.73. The van der Waals surface area contributed by atoms with Gasteiger partial charge in [-0.2, -0.15) is 5.10 Å². The summed E-state index contributed by atoms with van der Waals surface area (Å²) < 4.78 is 41.4. The van der Waals surface area contributed by atoms with Crippen molar-refractivity contribution >= 4 is 0 Å². The van der Waals surface area contributed by atoms with Crippen LogP contribution in [0.5, 0.6) is 5.75 Å². The van der Waals surface area contributed by atoms with Crippen LogP contribution in [0.2, 0.25) is 0 Å². The lowest BCUT2D eigenvalue weighted by atomic mass is 10.1. The number of rotatable bonds is 4. The average molecular weight is 271 g/mol. The van der Waals surface area contributed by atoms with Crippen LogP contribution in [0.3, 0.4) is 0 Å². The van der Waals surface area contributed by atoms with Crippen LogP contribution in [0.1, 0.15) is 11.4 Å². The van der Waals surface area contributed by atoms with Gasteiger partial charge in [0.25, 0.3) is 0 Å². The fourth-order valence-corrected chi connectivity index (χ4v) is 1.60. The van der Waals surface area contributed by atoms with E-state index < -0.39 is 6.36 Å². The van der Waals surface area contributed by atoms with Gasteiger partial charge in [-0.1, -0.05) is 12.1 Å². The third-order valence-electron chi connectivity index (χ3n) is 2.44. The first-order valence-electron chi connectivity index (χ1n) is 5.63. The molecule has 2 rings (SSSR count). The molecule has 2 aromatic rings. The first-order valence-corrected chi connectivity index (χ1v) is 5.63. The second kappa shape index (κ2) is 5.29. The highest BCUT2D eigenvalue weighted by atomic mass is 19.4. The molecule has 4 nitrogen and oxygen atoms in total. The second-order valence-electron chi connectivity index (χ2n) is 4.00. The molecule has 0 saturated heterocycles. The number of hydrogen-bond donors (Lipinski definition) is 0. The number of ether oxygens (including phenoxy) is 1. The highest BCUT2D eigenvalue weighted by Gasteiger charge is 2.30. The van der Waals surface area contributed by atoms with Crippen molar-refractivity contribution in [2.75, 3.05) is 0 Å². The topological polar surface area (TPSA) is 39.9 Å². The first-order chi connectivity index (χ1) is 8.92. The van der Waals surface area contributed by atoms with Crippen molar-refractivity contribution in [2.45, 2.75) is 26.3 Å². The summed E-state index contributed by atoms with van der Waals surface area (Å²) in [5, 5.41) is 4.12. The van der Waals surface area contributed by atoms with Crippen molar-refractivity contribution < 1.29 is 17.9 Å². The molecule has 0 aliphatic carbocycles. The van der Waals surface area contributed by atoms with Crippen molar-refractivity contribution in [2.24, 2.45) is 0 Å². The van der Waals surface area contributed by atoms with E-state index in [1.807, 2.05) is 0 Å². The molecule has 19 heavy (non-hydrogen) atoms. The molecule has 0 atom stereocenters. The van der Waals surface area contributed by atoms with E-state index >= 15 is 0 Å².